The molecule has 0 saturated heterocycles. The van der Waals surface area contributed by atoms with Crippen LogP contribution in [-0.2, 0) is 6.42 Å². The molecule has 0 radical (unpaired) electrons. The van der Waals surface area contributed by atoms with Gasteiger partial charge in [-0.15, -0.1) is 0 Å². The number of benzene rings is 1. The van der Waals surface area contributed by atoms with Crippen LogP contribution < -0.4 is 0 Å². The number of likely N-dealkylation sites (N-methyl/N-ethyl adjacent to an activating group) is 1. The number of aromatic amines is 1. The molecule has 19 heavy (non-hydrogen) atoms. The van der Waals surface area contributed by atoms with Crippen LogP contribution in [0.4, 0.5) is 8.78 Å². The Morgan fingerprint density at radius 1 is 1.21 bits per heavy atom. The molecule has 2 rings (SSSR count). The van der Waals surface area contributed by atoms with E-state index < -0.39 is 11.6 Å². The summed E-state index contributed by atoms with van der Waals surface area (Å²) in [5.41, 5.74) is 1.69. The molecule has 0 aliphatic rings. The lowest BCUT2D eigenvalue weighted by Crippen LogP contribution is -2.32. The number of fused-ring (bicyclic) bond motifs is 1. The number of aromatic nitrogens is 1. The minimum absolute atomic E-state index is 0.490. The maximum Gasteiger partial charge on any atom is 0.160 e. The Bertz CT molecular complexity index is 561. The van der Waals surface area contributed by atoms with Gasteiger partial charge < -0.3 is 9.88 Å². The normalized spacial score (nSPS) is 11.9. The number of rotatable bonds is 5. The van der Waals surface area contributed by atoms with Gasteiger partial charge in [-0.25, -0.2) is 8.78 Å². The molecule has 4 heteroatoms. The second-order valence-electron chi connectivity index (χ2n) is 5.10. The van der Waals surface area contributed by atoms with Gasteiger partial charge >= 0.3 is 0 Å². The molecule has 0 amide bonds. The van der Waals surface area contributed by atoms with Crippen molar-refractivity contribution in [1.29, 1.82) is 0 Å². The molecular formula is C15H20F2N2. The lowest BCUT2D eigenvalue weighted by atomic mass is 10.1. The highest BCUT2D eigenvalue weighted by Crippen LogP contribution is 2.22. The first-order chi connectivity index (χ1) is 9.02. The van der Waals surface area contributed by atoms with Crippen LogP contribution in [0.25, 0.3) is 10.9 Å². The molecule has 1 aromatic carbocycles. The molecule has 104 valence electrons. The zero-order valence-electron chi connectivity index (χ0n) is 11.6. The third kappa shape index (κ3) is 2.95. The number of hydrogen-bond donors (Lipinski definition) is 1. The van der Waals surface area contributed by atoms with Crippen molar-refractivity contribution in [2.75, 3.05) is 13.1 Å². The summed E-state index contributed by atoms with van der Waals surface area (Å²) in [6.45, 7) is 8.36. The van der Waals surface area contributed by atoms with E-state index >= 15 is 0 Å². The highest BCUT2D eigenvalue weighted by Gasteiger charge is 2.11. The van der Waals surface area contributed by atoms with Crippen LogP contribution in [0.15, 0.2) is 18.3 Å². The maximum absolute atomic E-state index is 13.3. The Morgan fingerprint density at radius 3 is 2.53 bits per heavy atom. The van der Waals surface area contributed by atoms with Crippen LogP contribution in [0, 0.1) is 11.6 Å². The Morgan fingerprint density at radius 2 is 1.89 bits per heavy atom. The number of nitrogens with zero attached hydrogens (tertiary/aromatic N) is 1. The van der Waals surface area contributed by atoms with Crippen molar-refractivity contribution < 1.29 is 8.78 Å². The third-order valence-electron chi connectivity index (χ3n) is 3.61. The van der Waals surface area contributed by atoms with Crippen LogP contribution in [-0.4, -0.2) is 29.0 Å². The summed E-state index contributed by atoms with van der Waals surface area (Å²) in [5.74, 6) is -1.59. The smallest absolute Gasteiger partial charge is 0.160 e. The van der Waals surface area contributed by atoms with E-state index in [1.54, 1.807) is 0 Å². The molecule has 2 aromatic rings. The maximum atomic E-state index is 13.3. The zero-order valence-corrected chi connectivity index (χ0v) is 11.6. The van der Waals surface area contributed by atoms with E-state index in [0.717, 1.165) is 30.5 Å². The molecular weight excluding hydrogens is 246 g/mol. The zero-order chi connectivity index (χ0) is 14.0. The Hall–Kier alpha value is -1.42. The molecule has 1 aromatic heterocycles. The summed E-state index contributed by atoms with van der Waals surface area (Å²) in [7, 11) is 0. The predicted octanol–water partition coefficient (Wildman–Crippen LogP) is 3.72. The van der Waals surface area contributed by atoms with Crippen molar-refractivity contribution in [1.82, 2.24) is 9.88 Å². The Labute approximate surface area is 112 Å². The fourth-order valence-corrected chi connectivity index (χ4v) is 2.43. The molecule has 1 N–H and O–H groups in total. The quantitative estimate of drug-likeness (QED) is 0.874. The van der Waals surface area contributed by atoms with Gasteiger partial charge in [0.25, 0.3) is 0 Å². The van der Waals surface area contributed by atoms with Crippen LogP contribution >= 0.6 is 0 Å². The molecule has 0 saturated carbocycles. The van der Waals surface area contributed by atoms with Crippen LogP contribution in [0.2, 0.25) is 0 Å². The average molecular weight is 266 g/mol. The van der Waals surface area contributed by atoms with E-state index in [0.29, 0.717) is 11.6 Å². The van der Waals surface area contributed by atoms with Gasteiger partial charge in [-0.1, -0.05) is 6.92 Å². The molecule has 2 nitrogen and oxygen atoms in total. The second-order valence-corrected chi connectivity index (χ2v) is 5.10. The van der Waals surface area contributed by atoms with Crippen LogP contribution in [0.5, 0.6) is 0 Å². The Kier molecular flexibility index (Phi) is 4.20. The topological polar surface area (TPSA) is 19.0 Å². The average Bonchev–Trinajstić information content (AvgIpc) is 2.73. The van der Waals surface area contributed by atoms with E-state index in [9.17, 15) is 8.78 Å². The van der Waals surface area contributed by atoms with Gasteiger partial charge in [0.15, 0.2) is 11.6 Å². The van der Waals surface area contributed by atoms with Crippen molar-refractivity contribution in [2.45, 2.75) is 33.2 Å². The monoisotopic (exact) mass is 266 g/mol. The highest BCUT2D eigenvalue weighted by molar-refractivity contribution is 5.83. The van der Waals surface area contributed by atoms with Gasteiger partial charge in [-0.2, -0.15) is 0 Å². The first-order valence-electron chi connectivity index (χ1n) is 6.72. The fraction of sp³-hybridized carbons (Fsp3) is 0.467. The summed E-state index contributed by atoms with van der Waals surface area (Å²) in [6.07, 6.45) is 2.68. The van der Waals surface area contributed by atoms with Gasteiger partial charge in [0.05, 0.1) is 0 Å². The van der Waals surface area contributed by atoms with Crippen molar-refractivity contribution >= 4 is 10.9 Å². The van der Waals surface area contributed by atoms with E-state index in [1.807, 2.05) is 6.20 Å². The number of hydrogen-bond acceptors (Lipinski definition) is 1. The van der Waals surface area contributed by atoms with Gasteiger partial charge in [0.2, 0.25) is 0 Å². The van der Waals surface area contributed by atoms with Gasteiger partial charge in [0, 0.05) is 35.8 Å². The first kappa shape index (κ1) is 14.0. The highest BCUT2D eigenvalue weighted by atomic mass is 19.2. The minimum atomic E-state index is -0.807. The third-order valence-corrected chi connectivity index (χ3v) is 3.61. The second kappa shape index (κ2) is 5.70. The molecule has 0 unspecified atom stereocenters. The number of nitrogens with one attached hydrogen (secondary N) is 1. The van der Waals surface area contributed by atoms with E-state index in [1.165, 1.54) is 12.1 Å². The summed E-state index contributed by atoms with van der Waals surface area (Å²) in [6, 6.07) is 2.99. The van der Waals surface area contributed by atoms with E-state index in [2.05, 4.69) is 30.7 Å². The summed E-state index contributed by atoms with van der Waals surface area (Å²) in [5, 5.41) is 0.777. The SMILES string of the molecule is CCN(CCc1c[nH]c2cc(F)c(F)cc12)C(C)C. The number of halogens is 2. The van der Waals surface area contributed by atoms with Gasteiger partial charge in [-0.3, -0.25) is 0 Å². The molecule has 0 atom stereocenters. The molecule has 1 heterocycles. The van der Waals surface area contributed by atoms with Crippen molar-refractivity contribution in [2.24, 2.45) is 0 Å². The summed E-state index contributed by atoms with van der Waals surface area (Å²) < 4.78 is 26.4. The summed E-state index contributed by atoms with van der Waals surface area (Å²) >= 11 is 0. The van der Waals surface area contributed by atoms with Crippen molar-refractivity contribution in [3.05, 3.63) is 35.5 Å². The summed E-state index contributed by atoms with van der Waals surface area (Å²) in [4.78, 5) is 5.35. The fourth-order valence-electron chi connectivity index (χ4n) is 2.43. The molecule has 0 aliphatic carbocycles. The number of H-pyrrole nitrogens is 1. The molecule has 0 aliphatic heterocycles. The van der Waals surface area contributed by atoms with E-state index in [4.69, 9.17) is 0 Å². The standard InChI is InChI=1S/C15H20F2N2/c1-4-19(10(2)3)6-5-11-9-18-15-8-14(17)13(16)7-12(11)15/h7-10,18H,4-6H2,1-3H3. The van der Waals surface area contributed by atoms with Gasteiger partial charge in [0.1, 0.15) is 0 Å². The van der Waals surface area contributed by atoms with Crippen LogP contribution in [0.3, 0.4) is 0 Å². The Balaban J connectivity index is 2.19. The molecule has 0 fully saturated rings. The van der Waals surface area contributed by atoms with Crippen LogP contribution in [0.1, 0.15) is 26.3 Å². The van der Waals surface area contributed by atoms with Gasteiger partial charge in [-0.05, 0) is 38.4 Å². The van der Waals surface area contributed by atoms with Crippen molar-refractivity contribution in [3.8, 4) is 0 Å². The molecule has 0 bridgehead atoms. The van der Waals surface area contributed by atoms with E-state index in [-0.39, 0.29) is 0 Å². The lowest BCUT2D eigenvalue weighted by Gasteiger charge is -2.24. The first-order valence-corrected chi connectivity index (χ1v) is 6.72. The minimum Gasteiger partial charge on any atom is -0.361 e. The lowest BCUT2D eigenvalue weighted by molar-refractivity contribution is 0.237. The molecule has 0 spiro atoms. The predicted molar refractivity (Wildman–Crippen MR) is 74.3 cm³/mol. The van der Waals surface area contributed by atoms with Crippen molar-refractivity contribution in [3.63, 3.8) is 0 Å². The largest absolute Gasteiger partial charge is 0.361 e.